The average Bonchev–Trinajstić information content (AvgIpc) is 2.11. The molecule has 6 heteroatoms. The van der Waals surface area contributed by atoms with Gasteiger partial charge in [0, 0.05) is 0 Å². The highest BCUT2D eigenvalue weighted by molar-refractivity contribution is 9.11. The third kappa shape index (κ3) is 1.69. The fourth-order valence-electron chi connectivity index (χ4n) is 0.345. The smallest absolute Gasteiger partial charge is 0.224 e. The van der Waals surface area contributed by atoms with Gasteiger partial charge in [-0.05, 0) is 15.9 Å². The Hall–Kier alpha value is -0.100. The summed E-state index contributed by atoms with van der Waals surface area (Å²) in [5.74, 6) is 0. The molecule has 0 fully saturated rings. The van der Waals surface area contributed by atoms with Crippen LogP contribution >= 0.6 is 27.3 Å². The third-order valence-electron chi connectivity index (χ3n) is 0.700. The van der Waals surface area contributed by atoms with Crippen LogP contribution in [0, 0.1) is 5.38 Å². The van der Waals surface area contributed by atoms with Crippen LogP contribution in [0.1, 0.15) is 5.69 Å². The van der Waals surface area contributed by atoms with Crippen molar-refractivity contribution in [3.63, 3.8) is 0 Å². The van der Waals surface area contributed by atoms with Crippen LogP contribution in [0.3, 0.4) is 0 Å². The Bertz CT molecular complexity index is 231. The molecule has 1 nitrogen and oxygen atoms in total. The van der Waals surface area contributed by atoms with E-state index in [0.29, 0.717) is 0 Å². The minimum atomic E-state index is -4.37. The highest BCUT2D eigenvalue weighted by Gasteiger charge is 2.33. The van der Waals surface area contributed by atoms with Crippen molar-refractivity contribution >= 4 is 27.3 Å². The normalized spacial score (nSPS) is 12.0. The van der Waals surface area contributed by atoms with Crippen LogP contribution < -0.4 is 0 Å². The molecule has 0 bridgehead atoms. The second-order valence-electron chi connectivity index (χ2n) is 1.42. The predicted molar refractivity (Wildman–Crippen MR) is 33.7 cm³/mol. The summed E-state index contributed by atoms with van der Waals surface area (Å²) < 4.78 is 35.3. The summed E-state index contributed by atoms with van der Waals surface area (Å²) in [7, 11) is 0. The van der Waals surface area contributed by atoms with E-state index in [-0.39, 0.29) is 3.92 Å². The van der Waals surface area contributed by atoms with E-state index < -0.39 is 11.9 Å². The van der Waals surface area contributed by atoms with Crippen LogP contribution in [-0.4, -0.2) is 4.98 Å². The van der Waals surface area contributed by atoms with Gasteiger partial charge in [0.2, 0.25) is 0 Å². The van der Waals surface area contributed by atoms with Crippen molar-refractivity contribution < 1.29 is 13.2 Å². The molecular formula is C4BrF3NS. The van der Waals surface area contributed by atoms with Crippen molar-refractivity contribution in [2.75, 3.05) is 0 Å². The molecule has 0 saturated carbocycles. The van der Waals surface area contributed by atoms with Crippen molar-refractivity contribution in [2.24, 2.45) is 0 Å². The molecule has 1 heterocycles. The van der Waals surface area contributed by atoms with Gasteiger partial charge < -0.3 is 0 Å². The summed E-state index contributed by atoms with van der Waals surface area (Å²) in [6.45, 7) is 0. The number of aromatic nitrogens is 1. The first kappa shape index (κ1) is 8.00. The van der Waals surface area contributed by atoms with Gasteiger partial charge in [-0.3, -0.25) is 0 Å². The van der Waals surface area contributed by atoms with Gasteiger partial charge in [0.05, 0.1) is 5.38 Å². The van der Waals surface area contributed by atoms with Crippen molar-refractivity contribution in [2.45, 2.75) is 6.18 Å². The molecule has 0 aliphatic carbocycles. The first-order valence-corrected chi connectivity index (χ1v) is 3.72. The van der Waals surface area contributed by atoms with E-state index in [4.69, 9.17) is 0 Å². The van der Waals surface area contributed by atoms with Crippen molar-refractivity contribution in [3.8, 4) is 0 Å². The number of thiazole rings is 1. The minimum absolute atomic E-state index is 0.194. The van der Waals surface area contributed by atoms with Gasteiger partial charge in [0.25, 0.3) is 0 Å². The maximum atomic E-state index is 11.7. The molecule has 0 atom stereocenters. The van der Waals surface area contributed by atoms with E-state index in [1.807, 2.05) is 5.38 Å². The molecule has 0 amide bonds. The van der Waals surface area contributed by atoms with Crippen molar-refractivity contribution in [1.82, 2.24) is 4.98 Å². The zero-order chi connectivity index (χ0) is 7.78. The summed E-state index contributed by atoms with van der Waals surface area (Å²) >= 11 is 3.59. The molecule has 10 heavy (non-hydrogen) atoms. The lowest BCUT2D eigenvalue weighted by Crippen LogP contribution is -2.04. The standard InChI is InChI=1S/C4BrF3NS/c5-3-9-2(1-10-3)4(6,7)8. The van der Waals surface area contributed by atoms with Gasteiger partial charge >= 0.3 is 6.18 Å². The van der Waals surface area contributed by atoms with E-state index in [0.717, 1.165) is 11.3 Å². The molecule has 1 aromatic rings. The molecule has 1 radical (unpaired) electrons. The quantitative estimate of drug-likeness (QED) is 0.668. The summed E-state index contributed by atoms with van der Waals surface area (Å²) in [6, 6.07) is 0. The molecule has 1 rings (SSSR count). The van der Waals surface area contributed by atoms with Gasteiger partial charge in [-0.2, -0.15) is 13.2 Å². The van der Waals surface area contributed by atoms with Crippen LogP contribution in [0.25, 0.3) is 0 Å². The Morgan fingerprint density at radius 1 is 1.50 bits per heavy atom. The van der Waals surface area contributed by atoms with Gasteiger partial charge in [-0.1, -0.05) is 0 Å². The van der Waals surface area contributed by atoms with Crippen molar-refractivity contribution in [1.29, 1.82) is 0 Å². The first-order chi connectivity index (χ1) is 4.50. The van der Waals surface area contributed by atoms with E-state index >= 15 is 0 Å². The summed E-state index contributed by atoms with van der Waals surface area (Å²) in [5, 5.41) is 2.00. The number of nitrogens with zero attached hydrogens (tertiary/aromatic N) is 1. The largest absolute Gasteiger partial charge is 0.434 e. The van der Waals surface area contributed by atoms with Crippen molar-refractivity contribution in [3.05, 3.63) is 15.0 Å². The van der Waals surface area contributed by atoms with Crippen LogP contribution in [0.2, 0.25) is 0 Å². The van der Waals surface area contributed by atoms with Crippen LogP contribution in [-0.2, 0) is 6.18 Å². The topological polar surface area (TPSA) is 12.9 Å². The molecule has 0 aliphatic rings. The number of hydrogen-bond acceptors (Lipinski definition) is 2. The highest BCUT2D eigenvalue weighted by Crippen LogP contribution is 2.30. The molecule has 0 N–H and O–H groups in total. The lowest BCUT2D eigenvalue weighted by Gasteiger charge is -1.98. The van der Waals surface area contributed by atoms with Gasteiger partial charge in [0.15, 0.2) is 9.61 Å². The van der Waals surface area contributed by atoms with Crippen LogP contribution in [0.5, 0.6) is 0 Å². The van der Waals surface area contributed by atoms with Gasteiger partial charge in [-0.15, -0.1) is 11.3 Å². The van der Waals surface area contributed by atoms with Gasteiger partial charge in [-0.25, -0.2) is 4.98 Å². The fraction of sp³-hybridized carbons (Fsp3) is 0.250. The third-order valence-corrected chi connectivity index (χ3v) is 1.92. The fourth-order valence-corrected chi connectivity index (χ4v) is 1.24. The number of halogens is 4. The number of rotatable bonds is 0. The second kappa shape index (κ2) is 2.50. The second-order valence-corrected chi connectivity index (χ2v) is 3.49. The molecule has 0 unspecified atom stereocenters. The highest BCUT2D eigenvalue weighted by atomic mass is 79.9. The van der Waals surface area contributed by atoms with E-state index in [1.54, 1.807) is 0 Å². The molecule has 0 spiro atoms. The SMILES string of the molecule is FC(F)(F)c1[c]sc(Br)n1. The Morgan fingerprint density at radius 2 is 2.10 bits per heavy atom. The molecule has 0 aliphatic heterocycles. The summed E-state index contributed by atoms with van der Waals surface area (Å²) in [5.41, 5.74) is -0.968. The van der Waals surface area contributed by atoms with E-state index in [2.05, 4.69) is 20.9 Å². The Kier molecular flexibility index (Phi) is 2.00. The van der Waals surface area contributed by atoms with E-state index in [9.17, 15) is 13.2 Å². The van der Waals surface area contributed by atoms with Crippen LogP contribution in [0.4, 0.5) is 13.2 Å². The van der Waals surface area contributed by atoms with E-state index in [1.165, 1.54) is 0 Å². The zero-order valence-electron chi connectivity index (χ0n) is 4.37. The lowest BCUT2D eigenvalue weighted by atomic mass is 10.5. The Balaban J connectivity index is 2.96. The monoisotopic (exact) mass is 230 g/mol. The zero-order valence-corrected chi connectivity index (χ0v) is 6.77. The summed E-state index contributed by atoms with van der Waals surface area (Å²) in [4.78, 5) is 3.14. The van der Waals surface area contributed by atoms with Gasteiger partial charge in [0.1, 0.15) is 0 Å². The maximum absolute atomic E-state index is 11.7. The Labute approximate surface area is 67.0 Å². The number of alkyl halides is 3. The molecule has 55 valence electrons. The predicted octanol–water partition coefficient (Wildman–Crippen LogP) is 2.72. The molecule has 0 saturated heterocycles. The lowest BCUT2D eigenvalue weighted by molar-refractivity contribution is -0.141. The minimum Gasteiger partial charge on any atom is -0.224 e. The first-order valence-electron chi connectivity index (χ1n) is 2.11. The Morgan fingerprint density at radius 3 is 2.30 bits per heavy atom. The number of hydrogen-bond donors (Lipinski definition) is 0. The molecule has 1 aromatic heterocycles. The summed E-state index contributed by atoms with van der Waals surface area (Å²) in [6.07, 6.45) is -4.37. The average molecular weight is 231 g/mol. The molecule has 0 aromatic carbocycles. The maximum Gasteiger partial charge on any atom is 0.434 e. The molecular weight excluding hydrogens is 231 g/mol. The van der Waals surface area contributed by atoms with Crippen LogP contribution in [0.15, 0.2) is 3.92 Å².